The van der Waals surface area contributed by atoms with Gasteiger partial charge in [-0.05, 0) is 28.1 Å². The molecule has 1 aromatic carbocycles. The Hall–Kier alpha value is -0.770. The van der Waals surface area contributed by atoms with Gasteiger partial charge in [-0.25, -0.2) is 0 Å². The number of benzene rings is 1. The first kappa shape index (κ1) is 9.32. The van der Waals surface area contributed by atoms with Crippen LogP contribution in [0.15, 0.2) is 16.6 Å². The predicted molar refractivity (Wildman–Crippen MR) is 47.2 cm³/mol. The van der Waals surface area contributed by atoms with Crippen molar-refractivity contribution in [2.45, 2.75) is 0 Å². The quantitative estimate of drug-likeness (QED) is 0.784. The van der Waals surface area contributed by atoms with E-state index in [-0.39, 0.29) is 11.5 Å². The molecule has 0 spiro atoms. The van der Waals surface area contributed by atoms with Crippen LogP contribution in [0.25, 0.3) is 0 Å². The molecule has 0 saturated heterocycles. The molecule has 66 valence electrons. The van der Waals surface area contributed by atoms with Gasteiger partial charge in [0.2, 0.25) is 5.82 Å². The SMILES string of the molecule is COc1ccc(Br)c(OC)c1F. The van der Waals surface area contributed by atoms with Crippen molar-refractivity contribution >= 4 is 15.9 Å². The Balaban J connectivity index is 3.24. The molecule has 0 fully saturated rings. The van der Waals surface area contributed by atoms with Crippen LogP contribution < -0.4 is 9.47 Å². The van der Waals surface area contributed by atoms with Gasteiger partial charge >= 0.3 is 0 Å². The first-order valence-electron chi connectivity index (χ1n) is 3.26. The third-order valence-electron chi connectivity index (χ3n) is 1.44. The molecule has 0 aromatic heterocycles. The van der Waals surface area contributed by atoms with E-state index in [1.807, 2.05) is 0 Å². The lowest BCUT2D eigenvalue weighted by atomic mass is 10.3. The van der Waals surface area contributed by atoms with E-state index >= 15 is 0 Å². The lowest BCUT2D eigenvalue weighted by Crippen LogP contribution is -1.93. The van der Waals surface area contributed by atoms with Crippen molar-refractivity contribution < 1.29 is 13.9 Å². The molecule has 0 bridgehead atoms. The van der Waals surface area contributed by atoms with Crippen LogP contribution in [0.3, 0.4) is 0 Å². The molecule has 0 N–H and O–H groups in total. The lowest BCUT2D eigenvalue weighted by molar-refractivity contribution is 0.349. The van der Waals surface area contributed by atoms with Crippen LogP contribution in [0.5, 0.6) is 11.5 Å². The second-order valence-electron chi connectivity index (χ2n) is 2.10. The van der Waals surface area contributed by atoms with Crippen molar-refractivity contribution in [1.29, 1.82) is 0 Å². The van der Waals surface area contributed by atoms with Crippen LogP contribution in [0.4, 0.5) is 4.39 Å². The summed E-state index contributed by atoms with van der Waals surface area (Å²) < 4.78 is 23.4. The second kappa shape index (κ2) is 3.76. The zero-order valence-electron chi connectivity index (χ0n) is 6.73. The maximum atomic E-state index is 13.3. The third-order valence-corrected chi connectivity index (χ3v) is 2.06. The van der Waals surface area contributed by atoms with Crippen LogP contribution in [0, 0.1) is 5.82 Å². The van der Waals surface area contributed by atoms with Crippen LogP contribution in [-0.4, -0.2) is 14.2 Å². The fourth-order valence-electron chi connectivity index (χ4n) is 0.859. The van der Waals surface area contributed by atoms with Crippen molar-refractivity contribution in [2.24, 2.45) is 0 Å². The fourth-order valence-corrected chi connectivity index (χ4v) is 1.33. The lowest BCUT2D eigenvalue weighted by Gasteiger charge is -2.07. The number of halogens is 2. The largest absolute Gasteiger partial charge is 0.494 e. The molecule has 0 heterocycles. The minimum Gasteiger partial charge on any atom is -0.494 e. The summed E-state index contributed by atoms with van der Waals surface area (Å²) in [6.45, 7) is 0. The van der Waals surface area contributed by atoms with Gasteiger partial charge in [0.1, 0.15) is 0 Å². The van der Waals surface area contributed by atoms with Crippen molar-refractivity contribution in [2.75, 3.05) is 14.2 Å². The van der Waals surface area contributed by atoms with Gasteiger partial charge in [0.15, 0.2) is 11.5 Å². The Morgan fingerprint density at radius 1 is 1.25 bits per heavy atom. The van der Waals surface area contributed by atoms with Crippen molar-refractivity contribution in [3.8, 4) is 11.5 Å². The molecular formula is C8H8BrFO2. The Bertz CT molecular complexity index is 289. The summed E-state index contributed by atoms with van der Waals surface area (Å²) in [6.07, 6.45) is 0. The standard InChI is InChI=1S/C8H8BrFO2/c1-11-6-4-3-5(9)8(12-2)7(6)10/h3-4H,1-2H3. The molecule has 0 amide bonds. The summed E-state index contributed by atoms with van der Waals surface area (Å²) >= 11 is 3.15. The first-order chi connectivity index (χ1) is 5.70. The highest BCUT2D eigenvalue weighted by Crippen LogP contribution is 2.33. The molecule has 0 aliphatic heterocycles. The Kier molecular flexibility index (Phi) is 2.92. The molecule has 0 aliphatic rings. The molecular weight excluding hydrogens is 227 g/mol. The zero-order valence-corrected chi connectivity index (χ0v) is 8.31. The topological polar surface area (TPSA) is 18.5 Å². The van der Waals surface area contributed by atoms with Gasteiger partial charge in [0.05, 0.1) is 18.7 Å². The summed E-state index contributed by atoms with van der Waals surface area (Å²) in [4.78, 5) is 0. The van der Waals surface area contributed by atoms with Gasteiger partial charge in [-0.3, -0.25) is 0 Å². The maximum absolute atomic E-state index is 13.3. The van der Waals surface area contributed by atoms with Crippen molar-refractivity contribution in [3.05, 3.63) is 22.4 Å². The van der Waals surface area contributed by atoms with E-state index < -0.39 is 5.82 Å². The summed E-state index contributed by atoms with van der Waals surface area (Å²) in [5.74, 6) is -0.154. The van der Waals surface area contributed by atoms with Crippen LogP contribution in [-0.2, 0) is 0 Å². The Morgan fingerprint density at radius 2 is 1.92 bits per heavy atom. The highest BCUT2D eigenvalue weighted by atomic mass is 79.9. The van der Waals surface area contributed by atoms with Gasteiger partial charge in [-0.15, -0.1) is 0 Å². The van der Waals surface area contributed by atoms with Crippen LogP contribution in [0.1, 0.15) is 0 Å². The van der Waals surface area contributed by atoms with Crippen molar-refractivity contribution in [1.82, 2.24) is 0 Å². The molecule has 0 atom stereocenters. The van der Waals surface area contributed by atoms with E-state index in [4.69, 9.17) is 9.47 Å². The molecule has 12 heavy (non-hydrogen) atoms. The van der Waals surface area contributed by atoms with E-state index in [2.05, 4.69) is 15.9 Å². The Labute approximate surface area is 78.4 Å². The number of hydrogen-bond donors (Lipinski definition) is 0. The normalized spacial score (nSPS) is 9.67. The molecule has 2 nitrogen and oxygen atoms in total. The molecule has 0 aliphatic carbocycles. The number of ether oxygens (including phenoxy) is 2. The average molecular weight is 235 g/mol. The molecule has 0 radical (unpaired) electrons. The summed E-state index contributed by atoms with van der Waals surface area (Å²) in [5.41, 5.74) is 0. The minimum absolute atomic E-state index is 0.161. The molecule has 4 heteroatoms. The molecule has 0 unspecified atom stereocenters. The van der Waals surface area contributed by atoms with Gasteiger partial charge in [0, 0.05) is 0 Å². The van der Waals surface area contributed by atoms with E-state index in [1.54, 1.807) is 6.07 Å². The van der Waals surface area contributed by atoms with E-state index in [1.165, 1.54) is 20.3 Å². The van der Waals surface area contributed by atoms with E-state index in [0.717, 1.165) is 0 Å². The van der Waals surface area contributed by atoms with E-state index in [9.17, 15) is 4.39 Å². The number of hydrogen-bond acceptors (Lipinski definition) is 2. The number of methoxy groups -OCH3 is 2. The summed E-state index contributed by atoms with van der Waals surface area (Å²) in [6, 6.07) is 3.20. The highest BCUT2D eigenvalue weighted by molar-refractivity contribution is 9.10. The fraction of sp³-hybridized carbons (Fsp3) is 0.250. The predicted octanol–water partition coefficient (Wildman–Crippen LogP) is 2.61. The van der Waals surface area contributed by atoms with Gasteiger partial charge in [0.25, 0.3) is 0 Å². The summed E-state index contributed by atoms with van der Waals surface area (Å²) in [5, 5.41) is 0. The second-order valence-corrected chi connectivity index (χ2v) is 2.95. The van der Waals surface area contributed by atoms with E-state index in [0.29, 0.717) is 4.47 Å². The third kappa shape index (κ3) is 1.53. The molecule has 1 aromatic rings. The van der Waals surface area contributed by atoms with Crippen molar-refractivity contribution in [3.63, 3.8) is 0 Å². The first-order valence-corrected chi connectivity index (χ1v) is 4.06. The smallest absolute Gasteiger partial charge is 0.207 e. The summed E-state index contributed by atoms with van der Waals surface area (Å²) in [7, 11) is 2.81. The number of rotatable bonds is 2. The van der Waals surface area contributed by atoms with Gasteiger partial charge in [-0.2, -0.15) is 4.39 Å². The average Bonchev–Trinajstić information content (AvgIpc) is 2.06. The van der Waals surface area contributed by atoms with Crippen LogP contribution >= 0.6 is 15.9 Å². The highest BCUT2D eigenvalue weighted by Gasteiger charge is 2.12. The van der Waals surface area contributed by atoms with Gasteiger partial charge < -0.3 is 9.47 Å². The monoisotopic (exact) mass is 234 g/mol. The minimum atomic E-state index is -0.491. The zero-order chi connectivity index (χ0) is 9.14. The Morgan fingerprint density at radius 3 is 2.42 bits per heavy atom. The molecule has 0 saturated carbocycles. The maximum Gasteiger partial charge on any atom is 0.207 e. The van der Waals surface area contributed by atoms with Gasteiger partial charge in [-0.1, -0.05) is 0 Å². The van der Waals surface area contributed by atoms with Crippen LogP contribution in [0.2, 0.25) is 0 Å². The molecule has 1 rings (SSSR count).